The zero-order valence-electron chi connectivity index (χ0n) is 10.9. The molecule has 0 saturated heterocycles. The molecular formula is C13H15NO6. The molecule has 0 saturated carbocycles. The first-order chi connectivity index (χ1) is 9.52. The number of ether oxygens (including phenoxy) is 2. The fourth-order valence-corrected chi connectivity index (χ4v) is 1.36. The number of esters is 1. The lowest BCUT2D eigenvalue weighted by Crippen LogP contribution is -2.42. The maximum atomic E-state index is 11.5. The first-order valence-electron chi connectivity index (χ1n) is 5.79. The molecule has 1 amide bonds. The van der Waals surface area contributed by atoms with Crippen molar-refractivity contribution in [1.82, 2.24) is 5.32 Å². The minimum absolute atomic E-state index is 0.0111. The normalized spacial score (nSPS) is 11.2. The van der Waals surface area contributed by atoms with E-state index < -0.39 is 30.5 Å². The van der Waals surface area contributed by atoms with Gasteiger partial charge in [0, 0.05) is 0 Å². The van der Waals surface area contributed by atoms with E-state index in [1.807, 2.05) is 6.07 Å². The smallest absolute Gasteiger partial charge is 0.408 e. The number of carboxylic acid groups (broad SMARTS) is 1. The molecule has 7 nitrogen and oxygen atoms in total. The summed E-state index contributed by atoms with van der Waals surface area (Å²) in [6, 6.07) is 7.53. The Kier molecular flexibility index (Phi) is 6.02. The number of nitrogens with one attached hydrogen (secondary N) is 1. The first kappa shape index (κ1) is 15.5. The summed E-state index contributed by atoms with van der Waals surface area (Å²) in [6.07, 6.45) is -1.38. The largest absolute Gasteiger partial charge is 0.480 e. The molecule has 0 aliphatic heterocycles. The molecule has 0 radical (unpaired) electrons. The molecule has 1 aromatic rings. The van der Waals surface area contributed by atoms with Gasteiger partial charge in [-0.2, -0.15) is 0 Å². The fraction of sp³-hybridized carbons (Fsp3) is 0.308. The van der Waals surface area contributed by atoms with Crippen LogP contribution in [-0.2, 0) is 25.7 Å². The molecule has 1 aromatic carbocycles. The van der Waals surface area contributed by atoms with Crippen molar-refractivity contribution in [3.8, 4) is 0 Å². The summed E-state index contributed by atoms with van der Waals surface area (Å²) in [7, 11) is 1.13. The lowest BCUT2D eigenvalue weighted by atomic mass is 10.2. The molecule has 0 unspecified atom stereocenters. The van der Waals surface area contributed by atoms with E-state index in [9.17, 15) is 14.4 Å². The number of benzene rings is 1. The maximum absolute atomic E-state index is 11.5. The average Bonchev–Trinajstić information content (AvgIpc) is 2.45. The Morgan fingerprint density at radius 2 is 1.90 bits per heavy atom. The van der Waals surface area contributed by atoms with E-state index in [2.05, 4.69) is 10.1 Å². The van der Waals surface area contributed by atoms with Crippen molar-refractivity contribution >= 4 is 18.0 Å². The highest BCUT2D eigenvalue weighted by atomic mass is 16.5. The van der Waals surface area contributed by atoms with Gasteiger partial charge in [0.1, 0.15) is 12.6 Å². The van der Waals surface area contributed by atoms with E-state index in [1.54, 1.807) is 24.3 Å². The van der Waals surface area contributed by atoms with Crippen molar-refractivity contribution in [2.75, 3.05) is 7.11 Å². The summed E-state index contributed by atoms with van der Waals surface area (Å²) in [6.45, 7) is 0.0111. The topological polar surface area (TPSA) is 102 Å². The highest BCUT2D eigenvalue weighted by Gasteiger charge is 2.24. The molecule has 0 aliphatic rings. The first-order valence-corrected chi connectivity index (χ1v) is 5.79. The van der Waals surface area contributed by atoms with E-state index in [4.69, 9.17) is 9.84 Å². The van der Waals surface area contributed by atoms with Crippen LogP contribution in [0.5, 0.6) is 0 Å². The number of hydrogen-bond donors (Lipinski definition) is 2. The molecule has 0 spiro atoms. The van der Waals surface area contributed by atoms with Gasteiger partial charge in [0.25, 0.3) is 0 Å². The van der Waals surface area contributed by atoms with Crippen molar-refractivity contribution in [3.05, 3.63) is 35.9 Å². The van der Waals surface area contributed by atoms with Gasteiger partial charge < -0.3 is 19.9 Å². The number of carbonyl (C=O) groups excluding carboxylic acids is 2. The Balaban J connectivity index is 2.46. The number of methoxy groups -OCH3 is 1. The third-order valence-corrected chi connectivity index (χ3v) is 2.40. The van der Waals surface area contributed by atoms with Crippen molar-refractivity contribution < 1.29 is 29.0 Å². The molecule has 0 aliphatic carbocycles. The lowest BCUT2D eigenvalue weighted by Gasteiger charge is -2.13. The zero-order valence-corrected chi connectivity index (χ0v) is 10.9. The van der Waals surface area contributed by atoms with E-state index in [0.717, 1.165) is 12.7 Å². The summed E-state index contributed by atoms with van der Waals surface area (Å²) in [5, 5.41) is 11.0. The van der Waals surface area contributed by atoms with Gasteiger partial charge in [-0.15, -0.1) is 0 Å². The van der Waals surface area contributed by atoms with Crippen LogP contribution >= 0.6 is 0 Å². The van der Waals surface area contributed by atoms with Crippen LogP contribution in [0.15, 0.2) is 30.3 Å². The Hall–Kier alpha value is -2.57. The van der Waals surface area contributed by atoms with Gasteiger partial charge >= 0.3 is 18.0 Å². The van der Waals surface area contributed by atoms with Crippen LogP contribution in [0.3, 0.4) is 0 Å². The summed E-state index contributed by atoms with van der Waals surface area (Å²) >= 11 is 0. The van der Waals surface area contributed by atoms with Crippen molar-refractivity contribution in [2.45, 2.75) is 19.1 Å². The molecular weight excluding hydrogens is 266 g/mol. The second kappa shape index (κ2) is 7.78. The molecule has 1 atom stereocenters. The SMILES string of the molecule is COC(=O)C[C@@H](NC(=O)OCc1ccccc1)C(=O)O. The number of carboxylic acids is 1. The zero-order chi connectivity index (χ0) is 15.0. The predicted molar refractivity (Wildman–Crippen MR) is 67.8 cm³/mol. The monoisotopic (exact) mass is 281 g/mol. The van der Waals surface area contributed by atoms with Gasteiger partial charge in [0.2, 0.25) is 0 Å². The predicted octanol–water partition coefficient (Wildman–Crippen LogP) is 0.929. The average molecular weight is 281 g/mol. The Bertz CT molecular complexity index is 473. The molecule has 0 fully saturated rings. The Morgan fingerprint density at radius 1 is 1.25 bits per heavy atom. The minimum Gasteiger partial charge on any atom is -0.480 e. The van der Waals surface area contributed by atoms with Crippen LogP contribution in [0, 0.1) is 0 Å². The third-order valence-electron chi connectivity index (χ3n) is 2.40. The summed E-state index contributed by atoms with van der Waals surface area (Å²) < 4.78 is 9.21. The van der Waals surface area contributed by atoms with E-state index >= 15 is 0 Å². The van der Waals surface area contributed by atoms with Gasteiger partial charge in [0.05, 0.1) is 13.5 Å². The minimum atomic E-state index is -1.38. The number of alkyl carbamates (subject to hydrolysis) is 1. The van der Waals surface area contributed by atoms with Crippen LogP contribution in [0.25, 0.3) is 0 Å². The van der Waals surface area contributed by atoms with Gasteiger partial charge in [0.15, 0.2) is 0 Å². The Labute approximate surface area is 115 Å². The van der Waals surface area contributed by atoms with Crippen molar-refractivity contribution in [2.24, 2.45) is 0 Å². The van der Waals surface area contributed by atoms with Gasteiger partial charge in [-0.25, -0.2) is 9.59 Å². The van der Waals surface area contributed by atoms with Crippen LogP contribution in [0.2, 0.25) is 0 Å². The molecule has 7 heteroatoms. The summed E-state index contributed by atoms with van der Waals surface area (Å²) in [4.78, 5) is 33.3. The number of rotatable bonds is 6. The van der Waals surface area contributed by atoms with Gasteiger partial charge in [-0.05, 0) is 5.56 Å². The summed E-state index contributed by atoms with van der Waals surface area (Å²) in [5.41, 5.74) is 0.766. The highest BCUT2D eigenvalue weighted by Crippen LogP contribution is 2.02. The maximum Gasteiger partial charge on any atom is 0.408 e. The highest BCUT2D eigenvalue weighted by molar-refractivity contribution is 5.85. The van der Waals surface area contributed by atoms with Crippen molar-refractivity contribution in [3.63, 3.8) is 0 Å². The van der Waals surface area contributed by atoms with E-state index in [-0.39, 0.29) is 6.61 Å². The number of carbonyl (C=O) groups is 3. The quantitative estimate of drug-likeness (QED) is 0.752. The van der Waals surface area contributed by atoms with Gasteiger partial charge in [-0.1, -0.05) is 30.3 Å². The number of amides is 1. The number of aliphatic carboxylic acids is 1. The number of hydrogen-bond acceptors (Lipinski definition) is 5. The van der Waals surface area contributed by atoms with Crippen LogP contribution in [0.4, 0.5) is 4.79 Å². The molecule has 1 rings (SSSR count). The van der Waals surface area contributed by atoms with Gasteiger partial charge in [-0.3, -0.25) is 4.79 Å². The van der Waals surface area contributed by atoms with E-state index in [0.29, 0.717) is 0 Å². The van der Waals surface area contributed by atoms with E-state index in [1.165, 1.54) is 0 Å². The second-order valence-electron chi connectivity index (χ2n) is 3.88. The molecule has 20 heavy (non-hydrogen) atoms. The van der Waals surface area contributed by atoms with Crippen LogP contribution < -0.4 is 5.32 Å². The van der Waals surface area contributed by atoms with Crippen molar-refractivity contribution in [1.29, 1.82) is 0 Å². The Morgan fingerprint density at radius 3 is 2.45 bits per heavy atom. The standard InChI is InChI=1S/C13H15NO6/c1-19-11(15)7-10(12(16)17)14-13(18)20-8-9-5-3-2-4-6-9/h2-6,10H,7-8H2,1H3,(H,14,18)(H,16,17)/t10-/m1/s1. The second-order valence-corrected chi connectivity index (χ2v) is 3.88. The van der Waals surface area contributed by atoms with Crippen LogP contribution in [0.1, 0.15) is 12.0 Å². The molecule has 0 aromatic heterocycles. The molecule has 2 N–H and O–H groups in total. The molecule has 0 heterocycles. The lowest BCUT2D eigenvalue weighted by molar-refractivity contribution is -0.147. The van der Waals surface area contributed by atoms with Crippen LogP contribution in [-0.4, -0.2) is 36.3 Å². The summed E-state index contributed by atoms with van der Waals surface area (Å²) in [5.74, 6) is -2.08. The molecule has 108 valence electrons. The molecule has 0 bridgehead atoms. The fourth-order valence-electron chi connectivity index (χ4n) is 1.36. The third kappa shape index (κ3) is 5.38.